The highest BCUT2D eigenvalue weighted by Crippen LogP contribution is 2.24. The van der Waals surface area contributed by atoms with Gasteiger partial charge in [0.2, 0.25) is 0 Å². The van der Waals surface area contributed by atoms with Gasteiger partial charge < -0.3 is 34.6 Å². The molecule has 39 heavy (non-hydrogen) atoms. The third kappa shape index (κ3) is 8.45. The lowest BCUT2D eigenvalue weighted by Crippen LogP contribution is -2.55. The van der Waals surface area contributed by atoms with Crippen LogP contribution in [0.1, 0.15) is 52.4 Å². The van der Waals surface area contributed by atoms with Crippen LogP contribution in [0.2, 0.25) is 0 Å². The van der Waals surface area contributed by atoms with Crippen molar-refractivity contribution in [3.8, 4) is 6.07 Å². The van der Waals surface area contributed by atoms with Crippen molar-refractivity contribution >= 4 is 25.2 Å². The van der Waals surface area contributed by atoms with Crippen molar-refractivity contribution in [1.82, 2.24) is 20.0 Å². The van der Waals surface area contributed by atoms with Crippen LogP contribution in [0, 0.1) is 11.3 Å². The lowest BCUT2D eigenvalue weighted by molar-refractivity contribution is -0.129. The summed E-state index contributed by atoms with van der Waals surface area (Å²) in [6.07, 6.45) is 6.31. The monoisotopic (exact) mass is 545 g/mol. The number of allylic oxidation sites excluding steroid dienone is 1. The fourth-order valence-corrected chi connectivity index (χ4v) is 5.34. The van der Waals surface area contributed by atoms with Gasteiger partial charge in [-0.2, -0.15) is 5.26 Å². The Bertz CT molecular complexity index is 1000. The molecule has 0 unspecified atom stereocenters. The minimum absolute atomic E-state index is 0.00815. The Morgan fingerprint density at radius 2 is 1.92 bits per heavy atom. The van der Waals surface area contributed by atoms with E-state index in [2.05, 4.69) is 16.3 Å². The molecule has 3 amide bonds. The molecule has 1 aliphatic carbocycles. The number of nitrogens with zero attached hydrogens (tertiary/aromatic N) is 4. The minimum Gasteiger partial charge on any atom is -0.453 e. The largest absolute Gasteiger partial charge is 0.475 e. The van der Waals surface area contributed by atoms with Crippen LogP contribution in [-0.4, -0.2) is 114 Å². The normalized spacial score (nSPS) is 21.5. The van der Waals surface area contributed by atoms with Crippen molar-refractivity contribution in [3.05, 3.63) is 23.3 Å². The Hall–Kier alpha value is -3.08. The number of amides is 3. The van der Waals surface area contributed by atoms with E-state index in [4.69, 9.17) is 9.47 Å². The number of ether oxygens (including phenoxy) is 2. The number of nitriles is 1. The number of piperazine rings is 1. The summed E-state index contributed by atoms with van der Waals surface area (Å²) in [5, 5.41) is 31.8. The van der Waals surface area contributed by atoms with Crippen molar-refractivity contribution in [1.29, 1.82) is 5.26 Å². The number of carbonyl (C=O) groups is 3. The van der Waals surface area contributed by atoms with Crippen molar-refractivity contribution < 1.29 is 33.9 Å². The molecule has 0 spiro atoms. The molecule has 0 saturated carbocycles. The third-order valence-electron chi connectivity index (χ3n) is 7.60. The first-order valence-corrected chi connectivity index (χ1v) is 13.6. The molecule has 0 aromatic carbocycles. The fourth-order valence-electron chi connectivity index (χ4n) is 5.34. The minimum atomic E-state index is -1.72. The van der Waals surface area contributed by atoms with E-state index in [1.54, 1.807) is 11.0 Å². The van der Waals surface area contributed by atoms with Gasteiger partial charge in [-0.1, -0.05) is 11.6 Å². The number of piperidine rings is 1. The highest BCUT2D eigenvalue weighted by molar-refractivity contribution is 6.43. The Balaban J connectivity index is 1.57. The number of carbonyl (C=O) groups excluding carboxylic acids is 3. The topological polar surface area (TPSA) is 156 Å². The predicted molar refractivity (Wildman–Crippen MR) is 143 cm³/mol. The number of hydrogen-bond acceptors (Lipinski definition) is 9. The Labute approximate surface area is 230 Å². The van der Waals surface area contributed by atoms with Crippen molar-refractivity contribution in [3.63, 3.8) is 0 Å². The summed E-state index contributed by atoms with van der Waals surface area (Å²) in [5.41, 5.74) is 0.476. The molecule has 3 rings (SSSR count). The first-order valence-electron chi connectivity index (χ1n) is 13.6. The molecule has 0 aromatic heterocycles. The molecule has 12 nitrogen and oxygen atoms in total. The van der Waals surface area contributed by atoms with Gasteiger partial charge in [0, 0.05) is 38.3 Å². The number of nitrogens with one attached hydrogen (secondary N) is 1. The zero-order valence-electron chi connectivity index (χ0n) is 23.1. The van der Waals surface area contributed by atoms with Crippen LogP contribution in [0.15, 0.2) is 23.3 Å². The number of hydrogen-bond donors (Lipinski definition) is 3. The Morgan fingerprint density at radius 3 is 2.51 bits per heavy atom. The first-order chi connectivity index (χ1) is 18.5. The van der Waals surface area contributed by atoms with E-state index in [1.165, 1.54) is 12.0 Å². The van der Waals surface area contributed by atoms with Gasteiger partial charge in [0.1, 0.15) is 17.7 Å². The predicted octanol–water partition coefficient (Wildman–Crippen LogP) is 1.20. The van der Waals surface area contributed by atoms with Crippen LogP contribution in [0.5, 0.6) is 0 Å². The van der Waals surface area contributed by atoms with Crippen LogP contribution in [0.4, 0.5) is 9.59 Å². The molecule has 0 aromatic rings. The summed E-state index contributed by atoms with van der Waals surface area (Å²) in [7, 11) is -0.376. The zero-order valence-corrected chi connectivity index (χ0v) is 23.1. The summed E-state index contributed by atoms with van der Waals surface area (Å²) >= 11 is 0. The Morgan fingerprint density at radius 1 is 1.21 bits per heavy atom. The molecule has 2 atom stereocenters. The quantitative estimate of drug-likeness (QED) is 0.177. The van der Waals surface area contributed by atoms with Gasteiger partial charge in [-0.15, -0.1) is 0 Å². The van der Waals surface area contributed by atoms with Crippen molar-refractivity contribution in [2.24, 2.45) is 0 Å². The highest BCUT2D eigenvalue weighted by atomic mass is 16.6. The van der Waals surface area contributed by atoms with E-state index >= 15 is 0 Å². The van der Waals surface area contributed by atoms with Gasteiger partial charge in [0.25, 0.3) is 5.91 Å². The SMILES string of the molecule is COC(=O)N1CCN(C(C)(C)C=C(C#N)C(=O)N2CCC[C@H](OC(=O)N[C@@H](CC3=CCCC3)B(O)O)C2)CC1. The lowest BCUT2D eigenvalue weighted by Gasteiger charge is -2.42. The second-order valence-electron chi connectivity index (χ2n) is 10.8. The zero-order chi connectivity index (χ0) is 28.6. The van der Waals surface area contributed by atoms with Gasteiger partial charge in [0.05, 0.1) is 19.6 Å². The number of alkyl carbamates (subject to hydrolysis) is 1. The molecule has 0 radical (unpaired) electrons. The smallest absolute Gasteiger partial charge is 0.453 e. The van der Waals surface area contributed by atoms with Gasteiger partial charge in [0.15, 0.2) is 0 Å². The molecule has 2 fully saturated rings. The molecule has 2 aliphatic heterocycles. The van der Waals surface area contributed by atoms with E-state index in [0.717, 1.165) is 24.8 Å². The van der Waals surface area contributed by atoms with Gasteiger partial charge in [-0.3, -0.25) is 9.69 Å². The molecule has 214 valence electrons. The van der Waals surface area contributed by atoms with E-state index in [9.17, 15) is 29.7 Å². The molecular weight excluding hydrogens is 505 g/mol. The van der Waals surface area contributed by atoms with Crippen LogP contribution in [0.25, 0.3) is 0 Å². The number of rotatable bonds is 8. The maximum Gasteiger partial charge on any atom is 0.475 e. The first kappa shape index (κ1) is 30.5. The molecule has 3 N–H and O–H groups in total. The molecular formula is C26H40BN5O7. The summed E-state index contributed by atoms with van der Waals surface area (Å²) in [6, 6.07) is 2.04. The average Bonchev–Trinajstić information content (AvgIpc) is 3.44. The van der Waals surface area contributed by atoms with E-state index < -0.39 is 36.7 Å². The lowest BCUT2D eigenvalue weighted by atomic mass is 9.76. The number of likely N-dealkylation sites (tertiary alicyclic amines) is 1. The van der Waals surface area contributed by atoms with Crippen molar-refractivity contribution in [2.75, 3.05) is 46.4 Å². The molecule has 13 heteroatoms. The van der Waals surface area contributed by atoms with E-state index in [1.807, 2.05) is 19.9 Å². The van der Waals surface area contributed by atoms with Gasteiger partial charge >= 0.3 is 19.3 Å². The highest BCUT2D eigenvalue weighted by Gasteiger charge is 2.34. The molecule has 2 saturated heterocycles. The van der Waals surface area contributed by atoms with Gasteiger partial charge in [-0.05, 0) is 58.4 Å². The summed E-state index contributed by atoms with van der Waals surface area (Å²) in [4.78, 5) is 42.8. The second-order valence-corrected chi connectivity index (χ2v) is 10.8. The van der Waals surface area contributed by atoms with Crippen LogP contribution in [-0.2, 0) is 14.3 Å². The maximum atomic E-state index is 13.3. The van der Waals surface area contributed by atoms with Crippen LogP contribution in [0.3, 0.4) is 0 Å². The standard InChI is InChI=1S/C26H40BN5O7/c1-26(2,32-13-11-30(12-14-32)25(35)38-3)16-20(17-28)23(33)31-10-6-9-21(18-31)39-24(34)29-22(27(36)37)15-19-7-4-5-8-19/h7,16,21-22,36-37H,4-6,8-15,18H2,1-3H3,(H,29,34)/t21-,22-/m0/s1. The molecule has 0 bridgehead atoms. The van der Waals surface area contributed by atoms with E-state index in [-0.39, 0.29) is 18.2 Å². The summed E-state index contributed by atoms with van der Waals surface area (Å²) < 4.78 is 10.3. The van der Waals surface area contributed by atoms with Gasteiger partial charge in [-0.25, -0.2) is 9.59 Å². The summed E-state index contributed by atoms with van der Waals surface area (Å²) in [6.45, 7) is 6.53. The maximum absolute atomic E-state index is 13.3. The Kier molecular flexibility index (Phi) is 10.8. The third-order valence-corrected chi connectivity index (χ3v) is 7.60. The molecule has 3 aliphatic rings. The van der Waals surface area contributed by atoms with Crippen LogP contribution < -0.4 is 5.32 Å². The average molecular weight is 545 g/mol. The summed E-state index contributed by atoms with van der Waals surface area (Å²) in [5.74, 6) is -1.31. The fraction of sp³-hybridized carbons (Fsp3) is 0.692. The molecule has 2 heterocycles. The van der Waals surface area contributed by atoms with E-state index in [0.29, 0.717) is 52.0 Å². The van der Waals surface area contributed by atoms with Crippen LogP contribution >= 0.6 is 0 Å². The van der Waals surface area contributed by atoms with Crippen molar-refractivity contribution in [2.45, 2.75) is 70.0 Å². The second kappa shape index (κ2) is 13.8. The number of methoxy groups -OCH3 is 1.